The summed E-state index contributed by atoms with van der Waals surface area (Å²) in [7, 11) is 0. The molecule has 32 heavy (non-hydrogen) atoms. The Hall–Kier alpha value is -3.82. The standard InChI is InChI=1S/C23H23N7O2/c1-15-12-26-22-19(21-14-25-9-10-32-21)11-20(29-30(15)22)16-4-6-17(7-5-16)27-23(31)28-18-3-2-8-24-13-18/h2-8,11-13,21,25H,9-10,14H2,1H3,(H2,27,28,31). The van der Waals surface area contributed by atoms with Crippen molar-refractivity contribution in [3.05, 3.63) is 72.3 Å². The van der Waals surface area contributed by atoms with E-state index in [2.05, 4.69) is 25.9 Å². The van der Waals surface area contributed by atoms with E-state index >= 15 is 0 Å². The van der Waals surface area contributed by atoms with Gasteiger partial charge >= 0.3 is 6.03 Å². The van der Waals surface area contributed by atoms with Gasteiger partial charge in [0.05, 0.1) is 42.2 Å². The largest absolute Gasteiger partial charge is 0.371 e. The van der Waals surface area contributed by atoms with Crippen molar-refractivity contribution in [2.45, 2.75) is 13.0 Å². The van der Waals surface area contributed by atoms with Crippen molar-refractivity contribution in [1.29, 1.82) is 0 Å². The molecule has 9 heteroatoms. The number of carbonyl (C=O) groups excluding carboxylic acids is 1. The van der Waals surface area contributed by atoms with Crippen molar-refractivity contribution in [3.63, 3.8) is 0 Å². The van der Waals surface area contributed by atoms with Gasteiger partial charge < -0.3 is 20.7 Å². The molecule has 3 N–H and O–H groups in total. The molecular weight excluding hydrogens is 406 g/mol. The van der Waals surface area contributed by atoms with E-state index in [1.165, 1.54) is 0 Å². The normalized spacial score (nSPS) is 16.1. The molecule has 162 valence electrons. The van der Waals surface area contributed by atoms with E-state index in [0.717, 1.165) is 41.3 Å². The van der Waals surface area contributed by atoms with Gasteiger partial charge in [-0.15, -0.1) is 0 Å². The lowest BCUT2D eigenvalue weighted by atomic mass is 10.1. The molecule has 1 saturated heterocycles. The van der Waals surface area contributed by atoms with Crippen LogP contribution < -0.4 is 16.0 Å². The van der Waals surface area contributed by atoms with Crippen LogP contribution in [0.25, 0.3) is 16.9 Å². The lowest BCUT2D eigenvalue weighted by Gasteiger charge is -2.24. The van der Waals surface area contributed by atoms with Gasteiger partial charge in [-0.25, -0.2) is 14.3 Å². The van der Waals surface area contributed by atoms with Crippen molar-refractivity contribution in [2.24, 2.45) is 0 Å². The Morgan fingerprint density at radius 3 is 2.75 bits per heavy atom. The van der Waals surface area contributed by atoms with Crippen LogP contribution >= 0.6 is 0 Å². The first-order valence-electron chi connectivity index (χ1n) is 10.4. The van der Waals surface area contributed by atoms with E-state index in [1.807, 2.05) is 48.0 Å². The maximum atomic E-state index is 12.2. The molecule has 1 unspecified atom stereocenters. The zero-order valence-corrected chi connectivity index (χ0v) is 17.6. The van der Waals surface area contributed by atoms with Gasteiger partial charge in [-0.05, 0) is 37.3 Å². The number of aryl methyl sites for hydroxylation is 1. The number of imidazole rings is 1. The Bertz CT molecular complexity index is 1230. The lowest BCUT2D eigenvalue weighted by Crippen LogP contribution is -2.33. The first-order chi connectivity index (χ1) is 15.7. The molecule has 3 aromatic heterocycles. The molecule has 1 aliphatic rings. The minimum absolute atomic E-state index is 0.0769. The van der Waals surface area contributed by atoms with E-state index in [0.29, 0.717) is 18.0 Å². The summed E-state index contributed by atoms with van der Waals surface area (Å²) in [5.74, 6) is 0. The van der Waals surface area contributed by atoms with Crippen molar-refractivity contribution in [3.8, 4) is 11.3 Å². The fraction of sp³-hybridized carbons (Fsp3) is 0.217. The predicted octanol–water partition coefficient (Wildman–Crippen LogP) is 3.40. The molecule has 5 rings (SSSR count). The molecule has 2 amide bonds. The fourth-order valence-corrected chi connectivity index (χ4v) is 3.70. The SMILES string of the molecule is Cc1cnc2c(C3CNCCO3)cc(-c3ccc(NC(=O)Nc4cccnc4)cc3)nn12. The molecule has 9 nitrogen and oxygen atoms in total. The average Bonchev–Trinajstić information content (AvgIpc) is 3.21. The third-order valence-corrected chi connectivity index (χ3v) is 5.30. The molecule has 1 aliphatic heterocycles. The maximum Gasteiger partial charge on any atom is 0.323 e. The number of aromatic nitrogens is 4. The van der Waals surface area contributed by atoms with E-state index < -0.39 is 0 Å². The number of hydrogen-bond donors (Lipinski definition) is 3. The molecule has 1 fully saturated rings. The van der Waals surface area contributed by atoms with Crippen LogP contribution in [-0.2, 0) is 4.74 Å². The van der Waals surface area contributed by atoms with E-state index in [-0.39, 0.29) is 12.1 Å². The molecular formula is C23H23N7O2. The zero-order valence-electron chi connectivity index (χ0n) is 17.6. The number of carbonyl (C=O) groups is 1. The minimum Gasteiger partial charge on any atom is -0.371 e. The van der Waals surface area contributed by atoms with E-state index in [9.17, 15) is 4.79 Å². The minimum atomic E-state index is -0.330. The second-order valence-electron chi connectivity index (χ2n) is 7.58. The van der Waals surface area contributed by atoms with Crippen molar-refractivity contribution < 1.29 is 9.53 Å². The van der Waals surface area contributed by atoms with Crippen LogP contribution in [0.4, 0.5) is 16.2 Å². The maximum absolute atomic E-state index is 12.2. The van der Waals surface area contributed by atoms with Crippen LogP contribution in [0.2, 0.25) is 0 Å². The summed E-state index contributed by atoms with van der Waals surface area (Å²) in [6.07, 6.45) is 4.98. The van der Waals surface area contributed by atoms with Crippen LogP contribution in [-0.4, -0.2) is 45.3 Å². The number of amides is 2. The number of hydrogen-bond acceptors (Lipinski definition) is 6. The number of urea groups is 1. The summed E-state index contributed by atoms with van der Waals surface area (Å²) in [6.45, 7) is 4.23. The fourth-order valence-electron chi connectivity index (χ4n) is 3.70. The van der Waals surface area contributed by atoms with E-state index in [4.69, 9.17) is 9.84 Å². The van der Waals surface area contributed by atoms with Crippen LogP contribution in [0, 0.1) is 6.92 Å². The highest BCUT2D eigenvalue weighted by Gasteiger charge is 2.22. The Labute approximate surface area is 184 Å². The molecule has 0 bridgehead atoms. The van der Waals surface area contributed by atoms with Gasteiger partial charge in [0.25, 0.3) is 0 Å². The molecule has 1 aromatic carbocycles. The van der Waals surface area contributed by atoms with Gasteiger partial charge in [-0.3, -0.25) is 4.98 Å². The van der Waals surface area contributed by atoms with Crippen molar-refractivity contribution in [2.75, 3.05) is 30.3 Å². The number of ether oxygens (including phenoxy) is 1. The second-order valence-corrected chi connectivity index (χ2v) is 7.58. The van der Waals surface area contributed by atoms with Crippen molar-refractivity contribution in [1.82, 2.24) is 24.9 Å². The summed E-state index contributed by atoms with van der Waals surface area (Å²) in [5, 5.41) is 13.7. The summed E-state index contributed by atoms with van der Waals surface area (Å²) < 4.78 is 7.84. The molecule has 0 saturated carbocycles. The number of nitrogens with zero attached hydrogens (tertiary/aromatic N) is 4. The summed E-state index contributed by atoms with van der Waals surface area (Å²) in [6, 6.07) is 12.8. The summed E-state index contributed by atoms with van der Waals surface area (Å²) in [4.78, 5) is 20.7. The number of rotatable bonds is 4. The Balaban J connectivity index is 1.39. The Morgan fingerprint density at radius 2 is 2.00 bits per heavy atom. The quantitative estimate of drug-likeness (QED) is 0.459. The molecule has 4 aromatic rings. The first kappa shape index (κ1) is 20.1. The first-order valence-corrected chi connectivity index (χ1v) is 10.4. The highest BCUT2D eigenvalue weighted by Crippen LogP contribution is 2.28. The van der Waals surface area contributed by atoms with Gasteiger partial charge in [0.1, 0.15) is 0 Å². The van der Waals surface area contributed by atoms with Crippen LogP contribution in [0.1, 0.15) is 17.4 Å². The predicted molar refractivity (Wildman–Crippen MR) is 122 cm³/mol. The number of morpholine rings is 1. The van der Waals surface area contributed by atoms with Gasteiger partial charge in [-0.1, -0.05) is 12.1 Å². The lowest BCUT2D eigenvalue weighted by molar-refractivity contribution is 0.0282. The topological polar surface area (TPSA) is 105 Å². The number of benzene rings is 1. The number of nitrogens with one attached hydrogen (secondary N) is 3. The van der Waals surface area contributed by atoms with E-state index in [1.54, 1.807) is 24.5 Å². The molecule has 0 radical (unpaired) electrons. The van der Waals surface area contributed by atoms with Crippen molar-refractivity contribution >= 4 is 23.1 Å². The number of anilines is 2. The number of pyridine rings is 1. The molecule has 1 atom stereocenters. The third-order valence-electron chi connectivity index (χ3n) is 5.30. The number of fused-ring (bicyclic) bond motifs is 1. The van der Waals surface area contributed by atoms with Crippen LogP contribution in [0.3, 0.4) is 0 Å². The average molecular weight is 429 g/mol. The third kappa shape index (κ3) is 4.16. The second kappa shape index (κ2) is 8.74. The van der Waals surface area contributed by atoms with Gasteiger partial charge in [0.2, 0.25) is 0 Å². The summed E-state index contributed by atoms with van der Waals surface area (Å²) in [5.41, 5.74) is 5.82. The van der Waals surface area contributed by atoms with Crippen LogP contribution in [0.5, 0.6) is 0 Å². The zero-order chi connectivity index (χ0) is 21.9. The van der Waals surface area contributed by atoms with Gasteiger partial charge in [-0.2, -0.15) is 5.10 Å². The van der Waals surface area contributed by atoms with Crippen LogP contribution in [0.15, 0.2) is 61.1 Å². The molecule has 4 heterocycles. The molecule has 0 aliphatic carbocycles. The smallest absolute Gasteiger partial charge is 0.323 e. The monoisotopic (exact) mass is 429 g/mol. The van der Waals surface area contributed by atoms with Gasteiger partial charge in [0.15, 0.2) is 5.65 Å². The summed E-state index contributed by atoms with van der Waals surface area (Å²) >= 11 is 0. The van der Waals surface area contributed by atoms with Gasteiger partial charge in [0, 0.05) is 36.1 Å². The Kier molecular flexibility index (Phi) is 5.49. The Morgan fingerprint density at radius 1 is 1.16 bits per heavy atom. The highest BCUT2D eigenvalue weighted by molar-refractivity contribution is 5.99. The highest BCUT2D eigenvalue weighted by atomic mass is 16.5. The molecule has 0 spiro atoms.